The number of hydrogen-bond acceptors (Lipinski definition) is 3. The highest BCUT2D eigenvalue weighted by atomic mass is 79.9. The molecule has 0 saturated carbocycles. The van der Waals surface area contributed by atoms with Gasteiger partial charge < -0.3 is 4.55 Å². The standard InChI is InChI=1S/C10H12BrFN2OS/c1-10(2,3)16(15)14-4-7-8(11)5-13-6-9(7)12/h4-6H,1-3H3/t16-/m0/s1. The average Bonchev–Trinajstić information content (AvgIpc) is 2.15. The predicted molar refractivity (Wildman–Crippen MR) is 67.4 cm³/mol. The molecule has 0 aliphatic heterocycles. The molecule has 0 unspecified atom stereocenters. The van der Waals surface area contributed by atoms with Crippen molar-refractivity contribution in [3.8, 4) is 0 Å². The molecule has 0 bridgehead atoms. The van der Waals surface area contributed by atoms with Crippen molar-refractivity contribution in [2.24, 2.45) is 4.40 Å². The van der Waals surface area contributed by atoms with Crippen LogP contribution in [0.1, 0.15) is 26.3 Å². The topological polar surface area (TPSA) is 48.3 Å². The van der Waals surface area contributed by atoms with Crippen molar-refractivity contribution in [2.45, 2.75) is 25.5 Å². The Bertz CT molecular complexity index is 386. The molecule has 16 heavy (non-hydrogen) atoms. The zero-order valence-electron chi connectivity index (χ0n) is 9.20. The van der Waals surface area contributed by atoms with Gasteiger partial charge in [-0.1, -0.05) is 4.40 Å². The molecule has 0 aliphatic rings. The molecule has 1 aromatic heterocycles. The number of rotatable bonds is 2. The first-order valence-corrected chi connectivity index (χ1v) is 6.47. The Hall–Kier alpha value is -0.460. The molecule has 0 spiro atoms. The van der Waals surface area contributed by atoms with Crippen molar-refractivity contribution < 1.29 is 8.94 Å². The van der Waals surface area contributed by atoms with E-state index in [4.69, 9.17) is 0 Å². The van der Waals surface area contributed by atoms with Gasteiger partial charge in [0.15, 0.2) is 5.82 Å². The molecule has 1 rings (SSSR count). The third-order valence-electron chi connectivity index (χ3n) is 1.69. The second-order valence-corrected chi connectivity index (χ2v) is 6.90. The molecule has 1 aromatic rings. The lowest BCUT2D eigenvalue weighted by Crippen LogP contribution is -2.25. The number of nitrogens with zero attached hydrogens (tertiary/aromatic N) is 2. The van der Waals surface area contributed by atoms with Gasteiger partial charge in [0.1, 0.15) is 16.1 Å². The van der Waals surface area contributed by atoms with Crippen LogP contribution in [-0.2, 0) is 11.4 Å². The summed E-state index contributed by atoms with van der Waals surface area (Å²) >= 11 is 1.76. The van der Waals surface area contributed by atoms with Crippen molar-refractivity contribution in [1.29, 1.82) is 0 Å². The van der Waals surface area contributed by atoms with Gasteiger partial charge in [0.2, 0.25) is 0 Å². The molecule has 0 saturated heterocycles. The van der Waals surface area contributed by atoms with Crippen LogP contribution in [0.3, 0.4) is 0 Å². The van der Waals surface area contributed by atoms with Crippen molar-refractivity contribution in [2.75, 3.05) is 0 Å². The Morgan fingerprint density at radius 2 is 2.12 bits per heavy atom. The van der Waals surface area contributed by atoms with Crippen LogP contribution in [0.25, 0.3) is 0 Å². The Balaban J connectivity index is 2.93. The molecule has 6 heteroatoms. The Morgan fingerprint density at radius 3 is 2.62 bits per heavy atom. The molecular formula is C10H12BrFN2OS. The lowest BCUT2D eigenvalue weighted by atomic mass is 10.3. The van der Waals surface area contributed by atoms with Crippen molar-refractivity contribution in [3.63, 3.8) is 0 Å². The summed E-state index contributed by atoms with van der Waals surface area (Å²) in [5, 5.41) is 0. The summed E-state index contributed by atoms with van der Waals surface area (Å²) < 4.78 is 28.8. The van der Waals surface area contributed by atoms with Crippen LogP contribution < -0.4 is 0 Å². The van der Waals surface area contributed by atoms with Crippen LogP contribution in [-0.4, -0.2) is 20.5 Å². The van der Waals surface area contributed by atoms with E-state index in [2.05, 4.69) is 25.3 Å². The molecule has 0 aromatic carbocycles. The summed E-state index contributed by atoms with van der Waals surface area (Å²) in [4.78, 5) is 3.66. The largest absolute Gasteiger partial charge is 0.591 e. The molecule has 3 nitrogen and oxygen atoms in total. The van der Waals surface area contributed by atoms with Gasteiger partial charge >= 0.3 is 0 Å². The summed E-state index contributed by atoms with van der Waals surface area (Å²) in [7, 11) is 0. The zero-order chi connectivity index (χ0) is 12.3. The summed E-state index contributed by atoms with van der Waals surface area (Å²) in [6.45, 7) is 5.41. The highest BCUT2D eigenvalue weighted by Crippen LogP contribution is 2.19. The van der Waals surface area contributed by atoms with E-state index >= 15 is 0 Å². The van der Waals surface area contributed by atoms with Gasteiger partial charge in [-0.2, -0.15) is 0 Å². The highest BCUT2D eigenvalue weighted by molar-refractivity contribution is 9.10. The molecule has 0 aliphatic carbocycles. The first kappa shape index (κ1) is 13.6. The SMILES string of the molecule is CC(C)(C)[S@+]([O-])N=Cc1c(F)cncc1Br. The molecular weight excluding hydrogens is 295 g/mol. The van der Waals surface area contributed by atoms with Crippen LogP contribution in [0.4, 0.5) is 4.39 Å². The quantitative estimate of drug-likeness (QED) is 0.623. The van der Waals surface area contributed by atoms with E-state index in [1.54, 1.807) is 20.8 Å². The minimum atomic E-state index is -1.39. The van der Waals surface area contributed by atoms with E-state index in [0.717, 1.165) is 6.20 Å². The van der Waals surface area contributed by atoms with Crippen LogP contribution in [0.15, 0.2) is 21.3 Å². The van der Waals surface area contributed by atoms with Gasteiger partial charge in [-0.3, -0.25) is 4.98 Å². The zero-order valence-corrected chi connectivity index (χ0v) is 11.6. The van der Waals surface area contributed by atoms with Gasteiger partial charge in [0.25, 0.3) is 0 Å². The lowest BCUT2D eigenvalue weighted by Gasteiger charge is -2.17. The summed E-state index contributed by atoms with van der Waals surface area (Å²) in [6.07, 6.45) is 3.82. The Labute approximate surface area is 106 Å². The van der Waals surface area contributed by atoms with Crippen LogP contribution >= 0.6 is 15.9 Å². The minimum Gasteiger partial charge on any atom is -0.591 e. The van der Waals surface area contributed by atoms with Gasteiger partial charge in [-0.05, 0) is 36.7 Å². The fraction of sp³-hybridized carbons (Fsp3) is 0.400. The van der Waals surface area contributed by atoms with E-state index < -0.39 is 21.9 Å². The van der Waals surface area contributed by atoms with Crippen molar-refractivity contribution >= 4 is 33.5 Å². The highest BCUT2D eigenvalue weighted by Gasteiger charge is 2.26. The van der Waals surface area contributed by atoms with Crippen molar-refractivity contribution in [1.82, 2.24) is 4.98 Å². The third-order valence-corrected chi connectivity index (χ3v) is 3.67. The molecule has 0 fully saturated rings. The summed E-state index contributed by atoms with van der Waals surface area (Å²) in [5.74, 6) is -0.496. The Kier molecular flexibility index (Phi) is 4.46. The molecule has 0 amide bonds. The predicted octanol–water partition coefficient (Wildman–Crippen LogP) is 2.86. The lowest BCUT2D eigenvalue weighted by molar-refractivity contribution is 0.561. The van der Waals surface area contributed by atoms with Crippen LogP contribution in [0.2, 0.25) is 0 Å². The summed E-state index contributed by atoms with van der Waals surface area (Å²) in [5.41, 5.74) is 0.257. The minimum absolute atomic E-state index is 0.257. The van der Waals surface area contributed by atoms with E-state index in [1.165, 1.54) is 12.4 Å². The smallest absolute Gasteiger partial charge is 0.151 e. The second-order valence-electron chi connectivity index (χ2n) is 4.11. The fourth-order valence-electron chi connectivity index (χ4n) is 0.803. The second kappa shape index (κ2) is 5.25. The van der Waals surface area contributed by atoms with E-state index in [1.807, 2.05) is 0 Å². The number of aromatic nitrogens is 1. The number of halogens is 2. The number of hydrogen-bond donors (Lipinski definition) is 0. The first-order chi connectivity index (χ1) is 7.32. The normalized spacial score (nSPS) is 14.4. The van der Waals surface area contributed by atoms with Crippen LogP contribution in [0.5, 0.6) is 0 Å². The maximum absolute atomic E-state index is 13.3. The maximum atomic E-state index is 13.3. The van der Waals surface area contributed by atoms with Crippen LogP contribution in [0, 0.1) is 5.82 Å². The molecule has 1 heterocycles. The Morgan fingerprint density at radius 1 is 1.50 bits per heavy atom. The molecule has 0 radical (unpaired) electrons. The van der Waals surface area contributed by atoms with Gasteiger partial charge in [0, 0.05) is 10.7 Å². The fourth-order valence-corrected chi connectivity index (χ4v) is 1.73. The molecule has 0 N–H and O–H groups in total. The third kappa shape index (κ3) is 3.54. The van der Waals surface area contributed by atoms with Crippen molar-refractivity contribution in [3.05, 3.63) is 28.2 Å². The first-order valence-electron chi connectivity index (χ1n) is 4.57. The molecule has 88 valence electrons. The van der Waals surface area contributed by atoms with Gasteiger partial charge in [-0.15, -0.1) is 0 Å². The van der Waals surface area contributed by atoms with E-state index in [0.29, 0.717) is 4.47 Å². The number of pyridine rings is 1. The van der Waals surface area contributed by atoms with E-state index in [9.17, 15) is 8.94 Å². The maximum Gasteiger partial charge on any atom is 0.151 e. The monoisotopic (exact) mass is 306 g/mol. The summed E-state index contributed by atoms with van der Waals surface area (Å²) in [6, 6.07) is 0. The van der Waals surface area contributed by atoms with Gasteiger partial charge in [0.05, 0.1) is 18.0 Å². The molecule has 1 atom stereocenters. The average molecular weight is 307 g/mol. The van der Waals surface area contributed by atoms with Gasteiger partial charge in [-0.25, -0.2) is 4.39 Å². The van der Waals surface area contributed by atoms with E-state index in [-0.39, 0.29) is 5.56 Å².